The molecule has 0 heterocycles. The maximum atomic E-state index is 2.44. The standard InChI is InChI=1S/C60H48N2/c1-5-13-45(14-6-1)48-21-23-49(24-22-48)52-29-39-56(40-30-52)61(55-19-11-4-12-20-55)57-41-31-53(32-42-57)54-33-43-60(44-34-54)62(58-35-25-50(26-36-58)46-15-7-2-8-16-46)59-37-27-51(28-38-59)47-17-9-3-10-18-47/h1-9,11-17,19-27,29-37,39-44H,10,18,28,38H2. The Bertz CT molecular complexity index is 2870. The first-order chi connectivity index (χ1) is 30.7. The second kappa shape index (κ2) is 17.9. The van der Waals surface area contributed by atoms with Crippen molar-refractivity contribution in [2.45, 2.75) is 25.7 Å². The molecule has 0 saturated carbocycles. The fraction of sp³-hybridized carbons (Fsp3) is 0.0667. The molecule has 0 spiro atoms. The van der Waals surface area contributed by atoms with Gasteiger partial charge >= 0.3 is 0 Å². The number of hydrogen-bond donors (Lipinski definition) is 0. The van der Waals surface area contributed by atoms with Gasteiger partial charge in [-0.25, -0.2) is 0 Å². The van der Waals surface area contributed by atoms with Crippen LogP contribution in [0.2, 0.25) is 0 Å². The van der Waals surface area contributed by atoms with Crippen LogP contribution in [-0.4, -0.2) is 0 Å². The molecule has 0 radical (unpaired) electrons. The van der Waals surface area contributed by atoms with Crippen LogP contribution in [0.5, 0.6) is 0 Å². The fourth-order valence-corrected chi connectivity index (χ4v) is 8.78. The SMILES string of the molecule is C1=CCCC(C2=CC=C(N(c3ccc(-c4ccccc4)cc3)c3ccc(-c4ccc(N(c5ccccc5)c5ccc(-c6ccc(-c7ccccc7)cc6)cc5)cc4)cc3)CC2)=C1. The Kier molecular flexibility index (Phi) is 11.1. The lowest BCUT2D eigenvalue weighted by Gasteiger charge is -2.30. The minimum atomic E-state index is 0.985. The topological polar surface area (TPSA) is 6.48 Å². The molecular formula is C60H48N2. The molecule has 0 unspecified atom stereocenters. The zero-order chi connectivity index (χ0) is 41.5. The molecule has 0 aromatic heterocycles. The molecule has 2 aliphatic carbocycles. The largest absolute Gasteiger partial charge is 0.314 e. The Morgan fingerprint density at radius 1 is 0.258 bits per heavy atom. The maximum Gasteiger partial charge on any atom is 0.0462 e. The summed E-state index contributed by atoms with van der Waals surface area (Å²) in [6, 6.07) is 76.6. The molecule has 10 rings (SSSR count). The molecule has 2 aliphatic rings. The summed E-state index contributed by atoms with van der Waals surface area (Å²) < 4.78 is 0. The van der Waals surface area contributed by atoms with E-state index in [1.54, 1.807) is 0 Å². The van der Waals surface area contributed by atoms with Crippen LogP contribution in [0.1, 0.15) is 25.7 Å². The second-order valence-electron chi connectivity index (χ2n) is 16.0. The summed E-state index contributed by atoms with van der Waals surface area (Å²) in [5, 5.41) is 0. The summed E-state index contributed by atoms with van der Waals surface area (Å²) in [5.74, 6) is 0. The molecular weight excluding hydrogens is 749 g/mol. The van der Waals surface area contributed by atoms with Crippen LogP contribution in [0.15, 0.2) is 260 Å². The number of para-hydroxylation sites is 1. The molecule has 8 aromatic rings. The minimum Gasteiger partial charge on any atom is -0.314 e. The lowest BCUT2D eigenvalue weighted by Crippen LogP contribution is -2.18. The van der Waals surface area contributed by atoms with Crippen molar-refractivity contribution in [3.8, 4) is 44.5 Å². The van der Waals surface area contributed by atoms with Crippen LogP contribution in [0, 0.1) is 0 Å². The van der Waals surface area contributed by atoms with E-state index < -0.39 is 0 Å². The quantitative estimate of drug-likeness (QED) is 0.129. The van der Waals surface area contributed by atoms with Crippen molar-refractivity contribution >= 4 is 28.4 Å². The molecule has 0 aliphatic heterocycles. The van der Waals surface area contributed by atoms with E-state index in [0.717, 1.165) is 48.4 Å². The number of rotatable bonds is 11. The lowest BCUT2D eigenvalue weighted by molar-refractivity contribution is 0.851. The third-order valence-corrected chi connectivity index (χ3v) is 12.1. The van der Waals surface area contributed by atoms with Gasteiger partial charge in [-0.1, -0.05) is 176 Å². The summed E-state index contributed by atoms with van der Waals surface area (Å²) in [5.41, 5.74) is 19.6. The number of nitrogens with zero attached hydrogens (tertiary/aromatic N) is 2. The van der Waals surface area contributed by atoms with E-state index in [-0.39, 0.29) is 0 Å². The molecule has 62 heavy (non-hydrogen) atoms. The first-order valence-corrected chi connectivity index (χ1v) is 21.8. The normalized spacial score (nSPS) is 13.5. The molecule has 0 N–H and O–H groups in total. The van der Waals surface area contributed by atoms with Crippen LogP contribution in [-0.2, 0) is 0 Å². The van der Waals surface area contributed by atoms with E-state index in [1.807, 2.05) is 0 Å². The van der Waals surface area contributed by atoms with Crippen LogP contribution in [0.25, 0.3) is 44.5 Å². The Hall–Kier alpha value is -7.68. The smallest absolute Gasteiger partial charge is 0.0462 e. The van der Waals surface area contributed by atoms with Crippen molar-refractivity contribution in [3.05, 3.63) is 260 Å². The van der Waals surface area contributed by atoms with Crippen LogP contribution in [0.4, 0.5) is 28.4 Å². The van der Waals surface area contributed by atoms with Gasteiger partial charge in [0, 0.05) is 34.1 Å². The first-order valence-electron chi connectivity index (χ1n) is 21.8. The Labute approximate surface area is 366 Å². The summed E-state index contributed by atoms with van der Waals surface area (Å²) in [6.07, 6.45) is 15.7. The summed E-state index contributed by atoms with van der Waals surface area (Å²) in [4.78, 5) is 4.77. The van der Waals surface area contributed by atoms with Gasteiger partial charge in [0.2, 0.25) is 0 Å². The highest BCUT2D eigenvalue weighted by Gasteiger charge is 2.20. The van der Waals surface area contributed by atoms with Gasteiger partial charge in [-0.3, -0.25) is 0 Å². The number of anilines is 5. The molecule has 2 heteroatoms. The zero-order valence-corrected chi connectivity index (χ0v) is 34.8. The van der Waals surface area contributed by atoms with Crippen LogP contribution < -0.4 is 9.80 Å². The minimum absolute atomic E-state index is 0.985. The molecule has 0 amide bonds. The van der Waals surface area contributed by atoms with Gasteiger partial charge in [-0.15, -0.1) is 0 Å². The van der Waals surface area contributed by atoms with Crippen molar-refractivity contribution in [2.24, 2.45) is 0 Å². The molecule has 0 bridgehead atoms. The summed E-state index contributed by atoms with van der Waals surface area (Å²) in [6.45, 7) is 0. The van der Waals surface area contributed by atoms with Crippen molar-refractivity contribution in [2.75, 3.05) is 9.80 Å². The fourth-order valence-electron chi connectivity index (χ4n) is 8.78. The third-order valence-electron chi connectivity index (χ3n) is 12.1. The highest BCUT2D eigenvalue weighted by Crippen LogP contribution is 2.40. The van der Waals surface area contributed by atoms with Gasteiger partial charge < -0.3 is 9.80 Å². The van der Waals surface area contributed by atoms with Gasteiger partial charge in [-0.2, -0.15) is 0 Å². The average Bonchev–Trinajstić information content (AvgIpc) is 3.36. The van der Waals surface area contributed by atoms with Gasteiger partial charge in [0.1, 0.15) is 0 Å². The molecule has 2 nitrogen and oxygen atoms in total. The van der Waals surface area contributed by atoms with Crippen molar-refractivity contribution in [3.63, 3.8) is 0 Å². The first kappa shape index (κ1) is 38.5. The highest BCUT2D eigenvalue weighted by atomic mass is 15.2. The average molecular weight is 797 g/mol. The molecule has 0 saturated heterocycles. The Morgan fingerprint density at radius 3 is 0.968 bits per heavy atom. The number of allylic oxidation sites excluding steroid dienone is 8. The monoisotopic (exact) mass is 796 g/mol. The van der Waals surface area contributed by atoms with E-state index in [1.165, 1.54) is 67.0 Å². The second-order valence-corrected chi connectivity index (χ2v) is 16.0. The predicted octanol–water partition coefficient (Wildman–Crippen LogP) is 16.8. The summed E-state index contributed by atoms with van der Waals surface area (Å²) in [7, 11) is 0. The van der Waals surface area contributed by atoms with Gasteiger partial charge in [0.05, 0.1) is 0 Å². The third kappa shape index (κ3) is 8.37. The Balaban J connectivity index is 0.916. The zero-order valence-electron chi connectivity index (χ0n) is 34.8. The number of benzene rings is 8. The highest BCUT2D eigenvalue weighted by molar-refractivity contribution is 5.81. The van der Waals surface area contributed by atoms with Gasteiger partial charge in [-0.05, 0) is 148 Å². The van der Waals surface area contributed by atoms with E-state index in [9.17, 15) is 0 Å². The van der Waals surface area contributed by atoms with Gasteiger partial charge in [0.25, 0.3) is 0 Å². The molecule has 0 fully saturated rings. The maximum absolute atomic E-state index is 2.44. The Morgan fingerprint density at radius 2 is 0.597 bits per heavy atom. The van der Waals surface area contributed by atoms with Crippen LogP contribution >= 0.6 is 0 Å². The van der Waals surface area contributed by atoms with Crippen molar-refractivity contribution in [1.29, 1.82) is 0 Å². The predicted molar refractivity (Wildman–Crippen MR) is 263 cm³/mol. The van der Waals surface area contributed by atoms with Crippen molar-refractivity contribution in [1.82, 2.24) is 0 Å². The summed E-state index contributed by atoms with van der Waals surface area (Å²) >= 11 is 0. The van der Waals surface area contributed by atoms with Gasteiger partial charge in [0.15, 0.2) is 0 Å². The molecule has 8 aromatic carbocycles. The molecule has 298 valence electrons. The van der Waals surface area contributed by atoms with E-state index in [2.05, 4.69) is 253 Å². The van der Waals surface area contributed by atoms with Crippen molar-refractivity contribution < 1.29 is 0 Å². The number of hydrogen-bond acceptors (Lipinski definition) is 2. The van der Waals surface area contributed by atoms with E-state index >= 15 is 0 Å². The van der Waals surface area contributed by atoms with Crippen LogP contribution in [0.3, 0.4) is 0 Å². The van der Waals surface area contributed by atoms with E-state index in [0.29, 0.717) is 0 Å². The lowest BCUT2D eigenvalue weighted by atomic mass is 9.90. The van der Waals surface area contributed by atoms with E-state index in [4.69, 9.17) is 0 Å². The molecule has 0 atom stereocenters.